The molecule has 0 unspecified atom stereocenters. The first-order valence-corrected chi connectivity index (χ1v) is 10.2. The summed E-state index contributed by atoms with van der Waals surface area (Å²) in [4.78, 5) is 48.7. The van der Waals surface area contributed by atoms with Gasteiger partial charge in [-0.3, -0.25) is 9.59 Å². The summed E-state index contributed by atoms with van der Waals surface area (Å²) in [6.07, 6.45) is -0.582. The molecule has 0 fully saturated rings. The average Bonchev–Trinajstić information content (AvgIpc) is 2.78. The highest BCUT2D eigenvalue weighted by Crippen LogP contribution is 2.21. The Morgan fingerprint density at radius 2 is 1.16 bits per heavy atom. The van der Waals surface area contributed by atoms with Crippen molar-refractivity contribution < 1.29 is 28.7 Å². The van der Waals surface area contributed by atoms with Gasteiger partial charge in [-0.2, -0.15) is 0 Å². The second-order valence-corrected chi connectivity index (χ2v) is 7.45. The van der Waals surface area contributed by atoms with E-state index in [9.17, 15) is 19.2 Å². The van der Waals surface area contributed by atoms with Gasteiger partial charge in [0.15, 0.2) is 12.2 Å². The molecule has 31 heavy (non-hydrogen) atoms. The number of nitrogens with one attached hydrogen (secondary N) is 2. The second-order valence-electron chi connectivity index (χ2n) is 7.45. The predicted octanol–water partition coefficient (Wildman–Crippen LogP) is 1.17. The van der Waals surface area contributed by atoms with Crippen LogP contribution < -0.4 is 10.6 Å². The van der Waals surface area contributed by atoms with Crippen LogP contribution in [0.25, 0.3) is 0 Å². The number of carbonyl (C=O) groups is 4. The van der Waals surface area contributed by atoms with Crippen LogP contribution in [0.1, 0.15) is 38.3 Å². The summed E-state index contributed by atoms with van der Waals surface area (Å²) in [5, 5.41) is 5.45. The molecule has 2 heterocycles. The number of hydrogen-bond donors (Lipinski definition) is 2. The number of cyclic esters (lactones) is 2. The van der Waals surface area contributed by atoms with Crippen LogP contribution in [0, 0.1) is 0 Å². The summed E-state index contributed by atoms with van der Waals surface area (Å²) in [6, 6.07) is 14.1. The number of carbonyl (C=O) groups excluding carboxylic acids is 4. The van der Waals surface area contributed by atoms with Crippen LogP contribution in [0.2, 0.25) is 0 Å². The zero-order valence-corrected chi connectivity index (χ0v) is 16.8. The highest BCUT2D eigenvalue weighted by atomic mass is 16.6. The van der Waals surface area contributed by atoms with Crippen LogP contribution in [0.15, 0.2) is 48.5 Å². The van der Waals surface area contributed by atoms with Gasteiger partial charge in [0.25, 0.3) is 11.8 Å². The lowest BCUT2D eigenvalue weighted by Gasteiger charge is -2.24. The fraction of sp³-hybridized carbons (Fsp3) is 0.304. The van der Waals surface area contributed by atoms with Crippen molar-refractivity contribution in [2.24, 2.45) is 0 Å². The topological polar surface area (TPSA) is 111 Å². The first-order valence-electron chi connectivity index (χ1n) is 10.2. The molecule has 2 N–H and O–H groups in total. The van der Waals surface area contributed by atoms with E-state index in [-0.39, 0.29) is 11.8 Å². The number of benzene rings is 2. The SMILES string of the molecule is O=C1O[C@H](C(=O)NCCCNC(=O)[C@@H]2Cc3ccccc3C(=O)O2)Cc2ccccc21. The van der Waals surface area contributed by atoms with Gasteiger partial charge in [-0.25, -0.2) is 9.59 Å². The van der Waals surface area contributed by atoms with Gasteiger partial charge in [-0.1, -0.05) is 36.4 Å². The molecule has 4 rings (SSSR count). The highest BCUT2D eigenvalue weighted by Gasteiger charge is 2.32. The van der Waals surface area contributed by atoms with Gasteiger partial charge in [0.05, 0.1) is 11.1 Å². The average molecular weight is 422 g/mol. The van der Waals surface area contributed by atoms with E-state index in [4.69, 9.17) is 9.47 Å². The first-order chi connectivity index (χ1) is 15.0. The Balaban J connectivity index is 1.19. The third kappa shape index (κ3) is 4.58. The number of rotatable bonds is 6. The number of ether oxygens (including phenoxy) is 2. The zero-order valence-electron chi connectivity index (χ0n) is 16.8. The van der Waals surface area contributed by atoms with Crippen LogP contribution in [0.4, 0.5) is 0 Å². The van der Waals surface area contributed by atoms with Crippen molar-refractivity contribution in [3.63, 3.8) is 0 Å². The van der Waals surface area contributed by atoms with Crippen LogP contribution >= 0.6 is 0 Å². The molecule has 2 aliphatic rings. The standard InChI is InChI=1S/C23H22N2O6/c26-20(18-12-14-6-1-3-8-16(14)22(28)30-18)24-10-5-11-25-21(27)19-13-15-7-2-4-9-17(15)23(29)31-19/h1-4,6-9,18-19H,5,10-13H2,(H,24,26)(H,25,27)/t18-,19-/m0/s1. The monoisotopic (exact) mass is 422 g/mol. The van der Waals surface area contributed by atoms with Crippen molar-refractivity contribution >= 4 is 23.8 Å². The number of hydrogen-bond acceptors (Lipinski definition) is 6. The maximum absolute atomic E-state index is 12.3. The van der Waals surface area contributed by atoms with Crippen LogP contribution in [-0.2, 0) is 31.9 Å². The molecule has 8 heteroatoms. The van der Waals surface area contributed by atoms with Crippen molar-refractivity contribution in [2.45, 2.75) is 31.5 Å². The minimum atomic E-state index is -0.862. The zero-order chi connectivity index (χ0) is 21.8. The van der Waals surface area contributed by atoms with Gasteiger partial charge in [-0.05, 0) is 29.7 Å². The van der Waals surface area contributed by atoms with E-state index < -0.39 is 24.1 Å². The number of esters is 2. The van der Waals surface area contributed by atoms with Crippen LogP contribution in [-0.4, -0.2) is 49.1 Å². The normalized spacial score (nSPS) is 19.4. The lowest BCUT2D eigenvalue weighted by molar-refractivity contribution is -0.130. The third-order valence-corrected chi connectivity index (χ3v) is 5.32. The van der Waals surface area contributed by atoms with Crippen molar-refractivity contribution in [1.82, 2.24) is 10.6 Å². The molecule has 2 amide bonds. The molecule has 0 saturated carbocycles. The highest BCUT2D eigenvalue weighted by molar-refractivity contribution is 5.96. The van der Waals surface area contributed by atoms with Gasteiger partial charge >= 0.3 is 11.9 Å². The number of fused-ring (bicyclic) bond motifs is 2. The molecule has 160 valence electrons. The molecular formula is C23H22N2O6. The summed E-state index contributed by atoms with van der Waals surface area (Å²) >= 11 is 0. The van der Waals surface area contributed by atoms with Crippen molar-refractivity contribution in [1.29, 1.82) is 0 Å². The van der Waals surface area contributed by atoms with Gasteiger partial charge in [0, 0.05) is 25.9 Å². The van der Waals surface area contributed by atoms with Crippen molar-refractivity contribution in [3.8, 4) is 0 Å². The van der Waals surface area contributed by atoms with Gasteiger partial charge in [0.2, 0.25) is 0 Å². The smallest absolute Gasteiger partial charge is 0.339 e. The molecule has 0 spiro atoms. The quantitative estimate of drug-likeness (QED) is 0.534. The molecule has 2 aliphatic heterocycles. The van der Waals surface area contributed by atoms with Gasteiger partial charge in [-0.15, -0.1) is 0 Å². The molecule has 0 radical (unpaired) electrons. The van der Waals surface area contributed by atoms with E-state index in [0.717, 1.165) is 11.1 Å². The summed E-state index contributed by atoms with van der Waals surface area (Å²) in [5.41, 5.74) is 2.55. The van der Waals surface area contributed by atoms with E-state index in [1.54, 1.807) is 24.3 Å². The number of amides is 2. The van der Waals surface area contributed by atoms with Crippen LogP contribution in [0.5, 0.6) is 0 Å². The molecule has 2 aromatic carbocycles. The summed E-state index contributed by atoms with van der Waals surface area (Å²) < 4.78 is 10.4. The fourth-order valence-corrected chi connectivity index (χ4v) is 3.69. The van der Waals surface area contributed by atoms with E-state index in [1.165, 1.54) is 0 Å². The van der Waals surface area contributed by atoms with Gasteiger partial charge < -0.3 is 20.1 Å². The van der Waals surface area contributed by atoms with E-state index in [1.807, 2.05) is 24.3 Å². The first kappa shape index (κ1) is 20.6. The Labute approximate surface area is 178 Å². The Kier molecular flexibility index (Phi) is 5.97. The molecule has 2 aromatic rings. The Morgan fingerprint density at radius 1 is 0.742 bits per heavy atom. The predicted molar refractivity (Wildman–Crippen MR) is 109 cm³/mol. The summed E-state index contributed by atoms with van der Waals surface area (Å²) in [7, 11) is 0. The molecular weight excluding hydrogens is 400 g/mol. The van der Waals surface area contributed by atoms with Crippen molar-refractivity contribution in [2.75, 3.05) is 13.1 Å². The van der Waals surface area contributed by atoms with Gasteiger partial charge in [0.1, 0.15) is 0 Å². The van der Waals surface area contributed by atoms with Crippen molar-refractivity contribution in [3.05, 3.63) is 70.8 Å². The Morgan fingerprint density at radius 3 is 1.61 bits per heavy atom. The molecule has 0 aromatic heterocycles. The lowest BCUT2D eigenvalue weighted by atomic mass is 9.98. The summed E-state index contributed by atoms with van der Waals surface area (Å²) in [6.45, 7) is 0.615. The molecule has 8 nitrogen and oxygen atoms in total. The molecule has 0 aliphatic carbocycles. The third-order valence-electron chi connectivity index (χ3n) is 5.32. The maximum atomic E-state index is 12.3. The largest absolute Gasteiger partial charge is 0.448 e. The van der Waals surface area contributed by atoms with E-state index in [2.05, 4.69) is 10.6 Å². The molecule has 2 atom stereocenters. The minimum Gasteiger partial charge on any atom is -0.448 e. The Hall–Kier alpha value is -3.68. The van der Waals surface area contributed by atoms with E-state index in [0.29, 0.717) is 43.5 Å². The van der Waals surface area contributed by atoms with Crippen LogP contribution in [0.3, 0.4) is 0 Å². The fourth-order valence-electron chi connectivity index (χ4n) is 3.69. The van der Waals surface area contributed by atoms with E-state index >= 15 is 0 Å². The second kappa shape index (κ2) is 8.99. The Bertz CT molecular complexity index is 953. The lowest BCUT2D eigenvalue weighted by Crippen LogP contribution is -2.44. The molecule has 0 saturated heterocycles. The minimum absolute atomic E-state index is 0.308. The maximum Gasteiger partial charge on any atom is 0.339 e. The summed E-state index contributed by atoms with van der Waals surface area (Å²) in [5.74, 6) is -1.74. The molecule has 0 bridgehead atoms.